The number of halogens is 1. The number of hydrogen-bond donors (Lipinski definition) is 2. The number of benzene rings is 1. The van der Waals surface area contributed by atoms with Gasteiger partial charge in [0.05, 0.1) is 5.69 Å². The van der Waals surface area contributed by atoms with Gasteiger partial charge in [-0.05, 0) is 40.5 Å². The Morgan fingerprint density at radius 3 is 2.90 bits per heavy atom. The number of methoxy groups -OCH3 is 1. The molecule has 0 bridgehead atoms. The van der Waals surface area contributed by atoms with Crippen molar-refractivity contribution in [3.05, 3.63) is 41.0 Å². The van der Waals surface area contributed by atoms with E-state index in [2.05, 4.69) is 36.5 Å². The number of nitrogens with zero attached hydrogens (tertiary/aromatic N) is 2. The van der Waals surface area contributed by atoms with Crippen LogP contribution in [0.3, 0.4) is 0 Å². The van der Waals surface area contributed by atoms with E-state index in [4.69, 9.17) is 4.74 Å². The molecule has 0 fully saturated rings. The molecule has 0 spiro atoms. The lowest BCUT2D eigenvalue weighted by Gasteiger charge is -2.09. The molecule has 2 N–H and O–H groups in total. The van der Waals surface area contributed by atoms with Crippen molar-refractivity contribution in [2.45, 2.75) is 6.42 Å². The minimum atomic E-state index is 0.609. The first-order valence-corrected chi connectivity index (χ1v) is 7.16. The topological polar surface area (TPSA) is 59.1 Å². The smallest absolute Gasteiger partial charge is 0.224 e. The molecule has 0 unspecified atom stereocenters. The molecule has 20 heavy (non-hydrogen) atoms. The van der Waals surface area contributed by atoms with E-state index in [9.17, 15) is 0 Å². The van der Waals surface area contributed by atoms with Crippen LogP contribution in [-0.2, 0) is 4.74 Å². The molecule has 0 aliphatic heterocycles. The summed E-state index contributed by atoms with van der Waals surface area (Å²) in [5.74, 6) is 1.36. The van der Waals surface area contributed by atoms with Gasteiger partial charge in [-0.2, -0.15) is 4.98 Å². The number of aromatic nitrogens is 2. The van der Waals surface area contributed by atoms with Gasteiger partial charge in [0, 0.05) is 30.9 Å². The van der Waals surface area contributed by atoms with E-state index in [1.807, 2.05) is 30.3 Å². The predicted octanol–water partition coefficient (Wildman–Crippen LogP) is 3.43. The minimum Gasteiger partial charge on any atom is -0.385 e. The monoisotopic (exact) mass is 336 g/mol. The van der Waals surface area contributed by atoms with Gasteiger partial charge < -0.3 is 15.4 Å². The summed E-state index contributed by atoms with van der Waals surface area (Å²) in [6.45, 7) is 1.51. The van der Waals surface area contributed by atoms with Crippen molar-refractivity contribution in [2.24, 2.45) is 0 Å². The van der Waals surface area contributed by atoms with E-state index in [1.165, 1.54) is 0 Å². The molecule has 2 aromatic rings. The number of rotatable bonds is 7. The molecule has 2 rings (SSSR count). The maximum Gasteiger partial charge on any atom is 0.224 e. The molecular weight excluding hydrogens is 320 g/mol. The van der Waals surface area contributed by atoms with Crippen molar-refractivity contribution < 1.29 is 4.74 Å². The van der Waals surface area contributed by atoms with Crippen LogP contribution in [0.15, 0.2) is 41.0 Å². The van der Waals surface area contributed by atoms with E-state index in [1.54, 1.807) is 13.3 Å². The molecule has 0 aliphatic rings. The van der Waals surface area contributed by atoms with Crippen LogP contribution in [0.1, 0.15) is 6.42 Å². The third-order valence-electron chi connectivity index (χ3n) is 2.60. The summed E-state index contributed by atoms with van der Waals surface area (Å²) in [6.07, 6.45) is 2.65. The van der Waals surface area contributed by atoms with E-state index in [0.717, 1.165) is 35.6 Å². The Labute approximate surface area is 126 Å². The van der Waals surface area contributed by atoms with Crippen molar-refractivity contribution in [3.8, 4) is 0 Å². The molecule has 5 nitrogen and oxygen atoms in total. The second-order valence-corrected chi connectivity index (χ2v) is 5.00. The summed E-state index contributed by atoms with van der Waals surface area (Å²) in [6, 6.07) is 9.74. The van der Waals surface area contributed by atoms with Gasteiger partial charge in [0.15, 0.2) is 0 Å². The zero-order chi connectivity index (χ0) is 14.2. The van der Waals surface area contributed by atoms with E-state index >= 15 is 0 Å². The zero-order valence-corrected chi connectivity index (χ0v) is 12.9. The number of anilines is 3. The molecule has 0 radical (unpaired) electrons. The number of nitrogens with one attached hydrogen (secondary N) is 2. The van der Waals surface area contributed by atoms with Gasteiger partial charge in [-0.15, -0.1) is 0 Å². The van der Waals surface area contributed by atoms with Gasteiger partial charge in [-0.3, -0.25) is 0 Å². The third-order valence-corrected chi connectivity index (χ3v) is 3.29. The Hall–Kier alpha value is -1.66. The Bertz CT molecular complexity index is 550. The quantitative estimate of drug-likeness (QED) is 0.758. The van der Waals surface area contributed by atoms with Crippen LogP contribution < -0.4 is 10.6 Å². The summed E-state index contributed by atoms with van der Waals surface area (Å²) in [5.41, 5.74) is 0.969. The lowest BCUT2D eigenvalue weighted by molar-refractivity contribution is 0.197. The highest BCUT2D eigenvalue weighted by atomic mass is 79.9. The summed E-state index contributed by atoms with van der Waals surface area (Å²) >= 11 is 3.50. The van der Waals surface area contributed by atoms with Gasteiger partial charge >= 0.3 is 0 Å². The first-order chi connectivity index (χ1) is 9.79. The molecular formula is C14H17BrN4O. The van der Waals surface area contributed by atoms with Crippen molar-refractivity contribution in [2.75, 3.05) is 30.9 Å². The fourth-order valence-corrected chi connectivity index (χ4v) is 2.01. The van der Waals surface area contributed by atoms with Crippen molar-refractivity contribution in [1.82, 2.24) is 9.97 Å². The van der Waals surface area contributed by atoms with Crippen molar-refractivity contribution in [3.63, 3.8) is 0 Å². The molecule has 6 heteroatoms. The second kappa shape index (κ2) is 7.81. The summed E-state index contributed by atoms with van der Waals surface area (Å²) in [7, 11) is 1.69. The van der Waals surface area contributed by atoms with Gasteiger partial charge in [-0.1, -0.05) is 12.1 Å². The van der Waals surface area contributed by atoms with Gasteiger partial charge in [0.2, 0.25) is 5.95 Å². The highest BCUT2D eigenvalue weighted by Crippen LogP contribution is 2.24. The molecule has 0 saturated heterocycles. The molecule has 0 saturated carbocycles. The van der Waals surface area contributed by atoms with Crippen LogP contribution in [0, 0.1) is 0 Å². The van der Waals surface area contributed by atoms with Crippen LogP contribution >= 0.6 is 15.9 Å². The highest BCUT2D eigenvalue weighted by molar-refractivity contribution is 9.10. The molecule has 106 valence electrons. The second-order valence-electron chi connectivity index (χ2n) is 4.14. The minimum absolute atomic E-state index is 0.609. The first kappa shape index (κ1) is 14.7. The average Bonchev–Trinajstić information content (AvgIpc) is 2.47. The maximum absolute atomic E-state index is 5.00. The Morgan fingerprint density at radius 2 is 2.10 bits per heavy atom. The Balaban J connectivity index is 1.97. The molecule has 1 heterocycles. The number of para-hydroxylation sites is 1. The van der Waals surface area contributed by atoms with Crippen LogP contribution in [0.2, 0.25) is 0 Å². The highest BCUT2D eigenvalue weighted by Gasteiger charge is 2.02. The van der Waals surface area contributed by atoms with Gasteiger partial charge in [0.25, 0.3) is 0 Å². The van der Waals surface area contributed by atoms with Crippen LogP contribution in [0.25, 0.3) is 0 Å². The lowest BCUT2D eigenvalue weighted by Crippen LogP contribution is -2.08. The summed E-state index contributed by atoms with van der Waals surface area (Å²) < 4.78 is 5.99. The van der Waals surface area contributed by atoms with Crippen LogP contribution in [0.4, 0.5) is 17.5 Å². The van der Waals surface area contributed by atoms with E-state index in [-0.39, 0.29) is 0 Å². The largest absolute Gasteiger partial charge is 0.385 e. The van der Waals surface area contributed by atoms with Crippen molar-refractivity contribution in [1.29, 1.82) is 0 Å². The summed E-state index contributed by atoms with van der Waals surface area (Å²) in [4.78, 5) is 8.60. The third kappa shape index (κ3) is 4.47. The van der Waals surface area contributed by atoms with Crippen LogP contribution in [-0.4, -0.2) is 30.2 Å². The maximum atomic E-state index is 5.00. The van der Waals surface area contributed by atoms with Gasteiger partial charge in [-0.25, -0.2) is 4.98 Å². The zero-order valence-electron chi connectivity index (χ0n) is 11.3. The van der Waals surface area contributed by atoms with Gasteiger partial charge in [0.1, 0.15) is 5.82 Å². The Kier molecular flexibility index (Phi) is 5.76. The lowest BCUT2D eigenvalue weighted by atomic mass is 10.3. The standard InChI is InChI=1S/C14H17BrN4O/c1-20-10-4-8-16-14-17-9-7-13(19-14)18-12-6-3-2-5-11(12)15/h2-3,5-7,9H,4,8,10H2,1H3,(H2,16,17,18,19). The fourth-order valence-electron chi connectivity index (χ4n) is 1.63. The molecule has 0 aliphatic carbocycles. The SMILES string of the molecule is COCCCNc1nccc(Nc2ccccc2Br)n1. The molecule has 0 atom stereocenters. The van der Waals surface area contributed by atoms with E-state index < -0.39 is 0 Å². The van der Waals surface area contributed by atoms with E-state index in [0.29, 0.717) is 5.95 Å². The predicted molar refractivity (Wildman–Crippen MR) is 84.4 cm³/mol. The fraction of sp³-hybridized carbons (Fsp3) is 0.286. The summed E-state index contributed by atoms with van der Waals surface area (Å²) in [5, 5.41) is 6.42. The first-order valence-electron chi connectivity index (χ1n) is 6.37. The molecule has 1 aromatic heterocycles. The Morgan fingerprint density at radius 1 is 1.25 bits per heavy atom. The molecule has 1 aromatic carbocycles. The molecule has 0 amide bonds. The normalized spacial score (nSPS) is 10.3. The number of ether oxygens (including phenoxy) is 1. The number of hydrogen-bond acceptors (Lipinski definition) is 5. The average molecular weight is 337 g/mol. The van der Waals surface area contributed by atoms with Crippen LogP contribution in [0.5, 0.6) is 0 Å². The van der Waals surface area contributed by atoms with Crippen molar-refractivity contribution >= 4 is 33.4 Å².